The van der Waals surface area contributed by atoms with Gasteiger partial charge in [0.15, 0.2) is 0 Å². The van der Waals surface area contributed by atoms with Crippen molar-refractivity contribution in [3.8, 4) is 5.75 Å². The number of piperidine rings is 1. The predicted octanol–water partition coefficient (Wildman–Crippen LogP) is 5.87. The van der Waals surface area contributed by atoms with Gasteiger partial charge >= 0.3 is 5.97 Å². The van der Waals surface area contributed by atoms with E-state index >= 15 is 0 Å². The largest absolute Gasteiger partial charge is 0.487 e. The summed E-state index contributed by atoms with van der Waals surface area (Å²) in [6, 6.07) is 12.9. The van der Waals surface area contributed by atoms with Gasteiger partial charge in [-0.3, -0.25) is 4.90 Å². The monoisotopic (exact) mass is 433 g/mol. The maximum atomic E-state index is 14.6. The lowest BCUT2D eigenvalue weighted by Crippen LogP contribution is -2.48. The molecule has 0 amide bonds. The second kappa shape index (κ2) is 9.36. The number of benzene rings is 2. The molecule has 162 valence electrons. The van der Waals surface area contributed by atoms with Crippen LogP contribution in [0.25, 0.3) is 0 Å². The molecule has 4 nitrogen and oxygen atoms in total. The summed E-state index contributed by atoms with van der Waals surface area (Å²) in [5.41, 5.74) is 0.339. The van der Waals surface area contributed by atoms with E-state index in [9.17, 15) is 9.18 Å². The molecular formula is C24H29ClFNO3. The van der Waals surface area contributed by atoms with Crippen LogP contribution < -0.4 is 4.74 Å². The Morgan fingerprint density at radius 3 is 2.60 bits per heavy atom. The van der Waals surface area contributed by atoms with Crippen molar-refractivity contribution in [2.24, 2.45) is 0 Å². The maximum absolute atomic E-state index is 14.6. The molecule has 2 aromatic carbocycles. The first kappa shape index (κ1) is 22.6. The van der Waals surface area contributed by atoms with Crippen molar-refractivity contribution in [2.45, 2.75) is 64.8 Å². The lowest BCUT2D eigenvalue weighted by molar-refractivity contribution is 0.00643. The van der Waals surface area contributed by atoms with Crippen molar-refractivity contribution in [3.63, 3.8) is 0 Å². The Kier molecular flexibility index (Phi) is 7.04. The molecule has 0 bridgehead atoms. The van der Waals surface area contributed by atoms with Crippen molar-refractivity contribution >= 4 is 17.6 Å². The Morgan fingerprint density at radius 2 is 1.93 bits per heavy atom. The zero-order valence-corrected chi connectivity index (χ0v) is 18.7. The van der Waals surface area contributed by atoms with Crippen molar-refractivity contribution in [2.75, 3.05) is 6.54 Å². The summed E-state index contributed by atoms with van der Waals surface area (Å²) in [4.78, 5) is 14.6. The Labute approximate surface area is 182 Å². The number of ether oxygens (including phenoxy) is 2. The number of nitrogens with zero attached hydrogens (tertiary/aromatic N) is 1. The number of esters is 1. The number of carbonyl (C=O) groups excluding carboxylic acids is 1. The molecule has 0 aromatic heterocycles. The summed E-state index contributed by atoms with van der Waals surface area (Å²) >= 11 is 6.34. The molecule has 1 aliphatic heterocycles. The van der Waals surface area contributed by atoms with E-state index in [0.717, 1.165) is 25.9 Å². The average Bonchev–Trinajstić information content (AvgIpc) is 2.67. The molecule has 0 spiro atoms. The third-order valence-electron chi connectivity index (χ3n) is 5.20. The van der Waals surface area contributed by atoms with Gasteiger partial charge < -0.3 is 9.47 Å². The fourth-order valence-electron chi connectivity index (χ4n) is 3.65. The quantitative estimate of drug-likeness (QED) is 0.553. The number of carbonyl (C=O) groups is 1. The molecule has 0 radical (unpaired) electrons. The predicted molar refractivity (Wildman–Crippen MR) is 117 cm³/mol. The number of hydrogen-bond acceptors (Lipinski definition) is 4. The summed E-state index contributed by atoms with van der Waals surface area (Å²) < 4.78 is 26.0. The van der Waals surface area contributed by atoms with E-state index in [1.54, 1.807) is 20.8 Å². The molecule has 30 heavy (non-hydrogen) atoms. The molecule has 6 heteroatoms. The molecular weight excluding hydrogens is 405 g/mol. The lowest BCUT2D eigenvalue weighted by Gasteiger charge is -2.39. The Bertz CT molecular complexity index is 882. The molecule has 0 unspecified atom stereocenters. The van der Waals surface area contributed by atoms with Crippen LogP contribution in [0.2, 0.25) is 5.02 Å². The van der Waals surface area contributed by atoms with Crippen molar-refractivity contribution in [1.82, 2.24) is 4.90 Å². The molecule has 0 aliphatic carbocycles. The molecule has 1 aliphatic rings. The van der Waals surface area contributed by atoms with Gasteiger partial charge in [-0.1, -0.05) is 41.9 Å². The van der Waals surface area contributed by atoms with Crippen LogP contribution in [0.15, 0.2) is 42.5 Å². The van der Waals surface area contributed by atoms with Crippen LogP contribution in [0, 0.1) is 5.82 Å². The summed E-state index contributed by atoms with van der Waals surface area (Å²) in [6.45, 7) is 9.12. The SMILES string of the molecule is C[C@@H]1[C@H](Oc2cc(F)c(C(=O)OC(C)(C)C)cc2Cl)CCCN1Cc1ccccc1. The second-order valence-electron chi connectivity index (χ2n) is 8.76. The van der Waals surface area contributed by atoms with Crippen LogP contribution in [0.3, 0.4) is 0 Å². The minimum Gasteiger partial charge on any atom is -0.487 e. The fourth-order valence-corrected chi connectivity index (χ4v) is 3.85. The topological polar surface area (TPSA) is 38.8 Å². The highest BCUT2D eigenvalue weighted by Gasteiger charge is 2.30. The molecule has 0 N–H and O–H groups in total. The van der Waals surface area contributed by atoms with Gasteiger partial charge in [-0.2, -0.15) is 0 Å². The summed E-state index contributed by atoms with van der Waals surface area (Å²) in [5, 5.41) is 0.199. The molecule has 2 atom stereocenters. The zero-order valence-electron chi connectivity index (χ0n) is 18.0. The van der Waals surface area contributed by atoms with E-state index in [-0.39, 0.29) is 28.5 Å². The van der Waals surface area contributed by atoms with Crippen LogP contribution >= 0.6 is 11.6 Å². The Morgan fingerprint density at radius 1 is 1.23 bits per heavy atom. The van der Waals surface area contributed by atoms with Gasteiger partial charge in [0.25, 0.3) is 0 Å². The average molecular weight is 434 g/mol. The molecule has 1 heterocycles. The molecule has 3 rings (SSSR count). The van der Waals surface area contributed by atoms with Crippen molar-refractivity contribution in [1.29, 1.82) is 0 Å². The normalized spacial score (nSPS) is 20.1. The lowest BCUT2D eigenvalue weighted by atomic mass is 9.99. The van der Waals surface area contributed by atoms with Crippen LogP contribution in [-0.4, -0.2) is 35.2 Å². The maximum Gasteiger partial charge on any atom is 0.341 e. The number of rotatable bonds is 5. The third kappa shape index (κ3) is 5.73. The van der Waals surface area contributed by atoms with Gasteiger partial charge in [0, 0.05) is 18.7 Å². The summed E-state index contributed by atoms with van der Waals surface area (Å²) in [7, 11) is 0. The van der Waals surface area contributed by atoms with E-state index in [2.05, 4.69) is 24.0 Å². The van der Waals surface area contributed by atoms with Gasteiger partial charge in [0.05, 0.1) is 10.6 Å². The van der Waals surface area contributed by atoms with Gasteiger partial charge in [-0.05, 0) is 58.7 Å². The van der Waals surface area contributed by atoms with E-state index in [1.165, 1.54) is 17.7 Å². The Hall–Kier alpha value is -2.11. The van der Waals surface area contributed by atoms with Gasteiger partial charge in [-0.25, -0.2) is 9.18 Å². The minimum absolute atomic E-state index is 0.119. The van der Waals surface area contributed by atoms with Gasteiger partial charge in [0.1, 0.15) is 23.3 Å². The highest BCUT2D eigenvalue weighted by Crippen LogP contribution is 2.32. The highest BCUT2D eigenvalue weighted by molar-refractivity contribution is 6.32. The van der Waals surface area contributed by atoms with Crippen LogP contribution in [0.5, 0.6) is 5.75 Å². The summed E-state index contributed by atoms with van der Waals surface area (Å²) in [5.74, 6) is -1.19. The first-order chi connectivity index (χ1) is 14.1. The number of hydrogen-bond donors (Lipinski definition) is 0. The van der Waals surface area contributed by atoms with Crippen molar-refractivity contribution < 1.29 is 18.7 Å². The second-order valence-corrected chi connectivity index (χ2v) is 9.17. The molecule has 2 aromatic rings. The third-order valence-corrected chi connectivity index (χ3v) is 5.49. The van der Waals surface area contributed by atoms with Gasteiger partial charge in [-0.15, -0.1) is 0 Å². The number of halogens is 2. The van der Waals surface area contributed by atoms with E-state index in [4.69, 9.17) is 21.1 Å². The fraction of sp³-hybridized carbons (Fsp3) is 0.458. The minimum atomic E-state index is -0.742. The van der Waals surface area contributed by atoms with Crippen LogP contribution in [0.4, 0.5) is 4.39 Å². The summed E-state index contributed by atoms with van der Waals surface area (Å²) in [6.07, 6.45) is 1.72. The first-order valence-electron chi connectivity index (χ1n) is 10.3. The molecule has 0 saturated carbocycles. The van der Waals surface area contributed by atoms with Crippen LogP contribution in [0.1, 0.15) is 56.5 Å². The van der Waals surface area contributed by atoms with Crippen LogP contribution in [-0.2, 0) is 11.3 Å². The van der Waals surface area contributed by atoms with E-state index < -0.39 is 17.4 Å². The van der Waals surface area contributed by atoms with Gasteiger partial charge in [0.2, 0.25) is 0 Å². The first-order valence-corrected chi connectivity index (χ1v) is 10.7. The molecule has 1 fully saturated rings. The van der Waals surface area contributed by atoms with Crippen molar-refractivity contribution in [3.05, 3.63) is 64.4 Å². The standard InChI is InChI=1S/C24H29ClFNO3/c1-16-21(11-8-12-27(16)15-17-9-6-5-7-10-17)29-22-14-20(26)18(13-19(22)25)23(28)30-24(2,3)4/h5-7,9-10,13-14,16,21H,8,11-12,15H2,1-4H3/t16-,21-/m1/s1. The zero-order chi connectivity index (χ0) is 21.9. The Balaban J connectivity index is 1.72. The highest BCUT2D eigenvalue weighted by atomic mass is 35.5. The van der Waals surface area contributed by atoms with E-state index in [0.29, 0.717) is 0 Å². The van der Waals surface area contributed by atoms with E-state index in [1.807, 2.05) is 18.2 Å². The smallest absolute Gasteiger partial charge is 0.341 e. The number of likely N-dealkylation sites (tertiary alicyclic amines) is 1. The molecule has 1 saturated heterocycles.